The van der Waals surface area contributed by atoms with Gasteiger partial charge in [-0.2, -0.15) is 4.31 Å². The highest BCUT2D eigenvalue weighted by Crippen LogP contribution is 2.21. The highest BCUT2D eigenvalue weighted by atomic mass is 35.5. The molecule has 120 valence electrons. The Kier molecular flexibility index (Phi) is 7.66. The van der Waals surface area contributed by atoms with Gasteiger partial charge in [-0.15, -0.1) is 11.6 Å². The fraction of sp³-hybridized carbons (Fsp3) is 0.600. The Labute approximate surface area is 133 Å². The molecule has 0 aliphatic heterocycles. The fourth-order valence-electron chi connectivity index (χ4n) is 2.14. The molecule has 0 aliphatic carbocycles. The molecular weight excluding hydrogens is 310 g/mol. The van der Waals surface area contributed by atoms with Gasteiger partial charge >= 0.3 is 0 Å². The lowest BCUT2D eigenvalue weighted by Crippen LogP contribution is -2.34. The van der Waals surface area contributed by atoms with Gasteiger partial charge in [0.2, 0.25) is 10.0 Å². The number of alkyl halides is 1. The standard InChI is InChI=1S/C15H24ClNO3S/c1-4-13-7-8-15(11-14(13)12-16)21(18,19)17(5-2)9-10-20-6-3/h7-8,11H,4-6,9-10,12H2,1-3H3. The third-order valence-corrected chi connectivity index (χ3v) is 5.64. The summed E-state index contributed by atoms with van der Waals surface area (Å²) >= 11 is 5.92. The van der Waals surface area contributed by atoms with Gasteiger partial charge in [-0.25, -0.2) is 8.42 Å². The van der Waals surface area contributed by atoms with Gasteiger partial charge in [0.15, 0.2) is 0 Å². The Balaban J connectivity index is 3.05. The monoisotopic (exact) mass is 333 g/mol. The smallest absolute Gasteiger partial charge is 0.243 e. The van der Waals surface area contributed by atoms with Crippen LogP contribution in [0.3, 0.4) is 0 Å². The first-order chi connectivity index (χ1) is 10.0. The van der Waals surface area contributed by atoms with Crippen LogP contribution in [0.2, 0.25) is 0 Å². The lowest BCUT2D eigenvalue weighted by atomic mass is 10.1. The van der Waals surface area contributed by atoms with Gasteiger partial charge in [0.1, 0.15) is 0 Å². The Hall–Kier alpha value is -0.620. The third-order valence-electron chi connectivity index (χ3n) is 3.38. The zero-order valence-corrected chi connectivity index (χ0v) is 14.5. The van der Waals surface area contributed by atoms with E-state index in [1.165, 1.54) is 4.31 Å². The van der Waals surface area contributed by atoms with E-state index in [0.29, 0.717) is 37.1 Å². The number of benzene rings is 1. The van der Waals surface area contributed by atoms with E-state index < -0.39 is 10.0 Å². The second-order valence-corrected chi connectivity index (χ2v) is 6.82. The van der Waals surface area contributed by atoms with Crippen LogP contribution >= 0.6 is 11.6 Å². The molecule has 21 heavy (non-hydrogen) atoms. The molecule has 0 saturated carbocycles. The molecule has 0 aromatic heterocycles. The average molecular weight is 334 g/mol. The molecule has 1 aromatic rings. The van der Waals surface area contributed by atoms with Crippen LogP contribution in [-0.4, -0.2) is 39.0 Å². The number of ether oxygens (including phenoxy) is 1. The van der Waals surface area contributed by atoms with Crippen LogP contribution in [-0.2, 0) is 27.1 Å². The van der Waals surface area contributed by atoms with Gasteiger partial charge in [-0.1, -0.05) is 19.9 Å². The van der Waals surface area contributed by atoms with Crippen LogP contribution in [0.5, 0.6) is 0 Å². The predicted octanol–water partition coefficient (Wildman–Crippen LogP) is 3.03. The van der Waals surface area contributed by atoms with E-state index in [0.717, 1.165) is 17.5 Å². The Morgan fingerprint density at radius 1 is 1.19 bits per heavy atom. The third kappa shape index (κ3) is 4.68. The van der Waals surface area contributed by atoms with E-state index in [9.17, 15) is 8.42 Å². The molecule has 0 heterocycles. The maximum absolute atomic E-state index is 12.7. The van der Waals surface area contributed by atoms with E-state index in [1.807, 2.05) is 26.8 Å². The Morgan fingerprint density at radius 3 is 2.43 bits per heavy atom. The predicted molar refractivity (Wildman–Crippen MR) is 86.3 cm³/mol. The SMILES string of the molecule is CCOCCN(CC)S(=O)(=O)c1ccc(CC)c(CCl)c1. The highest BCUT2D eigenvalue weighted by molar-refractivity contribution is 7.89. The summed E-state index contributed by atoms with van der Waals surface area (Å²) in [5.74, 6) is 0.317. The number of hydrogen-bond acceptors (Lipinski definition) is 3. The van der Waals surface area contributed by atoms with Crippen LogP contribution in [0.1, 0.15) is 31.9 Å². The van der Waals surface area contributed by atoms with Gasteiger partial charge < -0.3 is 4.74 Å². The van der Waals surface area contributed by atoms with E-state index >= 15 is 0 Å². The van der Waals surface area contributed by atoms with Gasteiger partial charge in [0.05, 0.1) is 11.5 Å². The number of halogens is 1. The minimum atomic E-state index is -3.49. The van der Waals surface area contributed by atoms with Gasteiger partial charge in [0, 0.05) is 25.6 Å². The first-order valence-corrected chi connectivity index (χ1v) is 9.24. The van der Waals surface area contributed by atoms with E-state index in [-0.39, 0.29) is 0 Å². The van der Waals surface area contributed by atoms with Crippen molar-refractivity contribution in [1.82, 2.24) is 4.31 Å². The van der Waals surface area contributed by atoms with E-state index in [4.69, 9.17) is 16.3 Å². The molecule has 0 atom stereocenters. The molecule has 0 aliphatic rings. The average Bonchev–Trinajstić information content (AvgIpc) is 2.50. The van der Waals surface area contributed by atoms with Gasteiger partial charge in [-0.3, -0.25) is 0 Å². The molecule has 4 nitrogen and oxygen atoms in total. The zero-order valence-electron chi connectivity index (χ0n) is 12.9. The summed E-state index contributed by atoms with van der Waals surface area (Å²) in [7, 11) is -3.49. The first kappa shape index (κ1) is 18.4. The van der Waals surface area contributed by atoms with Crippen molar-refractivity contribution < 1.29 is 13.2 Å². The summed E-state index contributed by atoms with van der Waals surface area (Å²) in [5.41, 5.74) is 1.96. The maximum atomic E-state index is 12.7. The molecule has 0 N–H and O–H groups in total. The van der Waals surface area contributed by atoms with Crippen LogP contribution in [0.25, 0.3) is 0 Å². The van der Waals surface area contributed by atoms with Crippen molar-refractivity contribution in [3.63, 3.8) is 0 Å². The van der Waals surface area contributed by atoms with Crippen LogP contribution in [0.15, 0.2) is 23.1 Å². The largest absolute Gasteiger partial charge is 0.380 e. The van der Waals surface area contributed by atoms with Crippen LogP contribution < -0.4 is 0 Å². The van der Waals surface area contributed by atoms with Crippen LogP contribution in [0, 0.1) is 0 Å². The van der Waals surface area contributed by atoms with Gasteiger partial charge in [0.25, 0.3) is 0 Å². The number of hydrogen-bond donors (Lipinski definition) is 0. The number of nitrogens with zero attached hydrogens (tertiary/aromatic N) is 1. The fourth-order valence-corrected chi connectivity index (χ4v) is 3.87. The van der Waals surface area contributed by atoms with Crippen molar-refractivity contribution in [1.29, 1.82) is 0 Å². The summed E-state index contributed by atoms with van der Waals surface area (Å²) in [6.45, 7) is 7.51. The van der Waals surface area contributed by atoms with Crippen LogP contribution in [0.4, 0.5) is 0 Å². The summed E-state index contributed by atoms with van der Waals surface area (Å²) in [5, 5.41) is 0. The zero-order chi connectivity index (χ0) is 15.9. The molecule has 0 amide bonds. The summed E-state index contributed by atoms with van der Waals surface area (Å²) in [4.78, 5) is 0.300. The second-order valence-electron chi connectivity index (χ2n) is 4.61. The molecule has 0 fully saturated rings. The second kappa shape index (κ2) is 8.73. The van der Waals surface area contributed by atoms with Crippen molar-refractivity contribution in [3.8, 4) is 0 Å². The summed E-state index contributed by atoms with van der Waals surface area (Å²) < 4.78 is 32.0. The first-order valence-electron chi connectivity index (χ1n) is 7.26. The Bertz CT molecular complexity index is 546. The maximum Gasteiger partial charge on any atom is 0.243 e. The number of aryl methyl sites for hydroxylation is 1. The van der Waals surface area contributed by atoms with Crippen molar-refractivity contribution in [2.24, 2.45) is 0 Å². The number of sulfonamides is 1. The molecule has 0 unspecified atom stereocenters. The molecule has 0 bridgehead atoms. The minimum absolute atomic E-state index is 0.300. The molecule has 0 radical (unpaired) electrons. The van der Waals surface area contributed by atoms with E-state index in [1.54, 1.807) is 12.1 Å². The molecule has 1 aromatic carbocycles. The highest BCUT2D eigenvalue weighted by Gasteiger charge is 2.23. The summed E-state index contributed by atoms with van der Waals surface area (Å²) in [6.07, 6.45) is 0.838. The minimum Gasteiger partial charge on any atom is -0.380 e. The van der Waals surface area contributed by atoms with Crippen molar-refractivity contribution >= 4 is 21.6 Å². The molecular formula is C15H24ClNO3S. The van der Waals surface area contributed by atoms with Crippen molar-refractivity contribution in [2.75, 3.05) is 26.3 Å². The quantitative estimate of drug-likeness (QED) is 0.515. The lowest BCUT2D eigenvalue weighted by molar-refractivity contribution is 0.135. The number of rotatable bonds is 9. The molecule has 0 saturated heterocycles. The molecule has 1 rings (SSSR count). The summed E-state index contributed by atoms with van der Waals surface area (Å²) in [6, 6.07) is 5.19. The number of likely N-dealkylation sites (N-methyl/N-ethyl adjacent to an activating group) is 1. The van der Waals surface area contributed by atoms with Gasteiger partial charge in [-0.05, 0) is 36.6 Å². The lowest BCUT2D eigenvalue weighted by Gasteiger charge is -2.21. The normalized spacial score (nSPS) is 12.0. The Morgan fingerprint density at radius 2 is 1.90 bits per heavy atom. The van der Waals surface area contributed by atoms with E-state index in [2.05, 4.69) is 0 Å². The topological polar surface area (TPSA) is 46.6 Å². The molecule has 0 spiro atoms. The van der Waals surface area contributed by atoms with Crippen molar-refractivity contribution in [2.45, 2.75) is 38.0 Å². The van der Waals surface area contributed by atoms with Crippen molar-refractivity contribution in [3.05, 3.63) is 29.3 Å². The molecule has 6 heteroatoms.